The van der Waals surface area contributed by atoms with Crippen LogP contribution in [0.4, 0.5) is 17.1 Å². The molecule has 0 atom stereocenters. The molecule has 0 aliphatic heterocycles. The second-order valence-corrected chi connectivity index (χ2v) is 7.78. The molecule has 0 spiro atoms. The van der Waals surface area contributed by atoms with Gasteiger partial charge in [0.15, 0.2) is 0 Å². The molecule has 0 aliphatic carbocycles. The molecule has 0 unspecified atom stereocenters. The number of nitrogens with one attached hydrogen (secondary N) is 2. The second kappa shape index (κ2) is 8.62. The number of non-ortho nitro benzene ring substituents is 1. The van der Waals surface area contributed by atoms with Crippen LogP contribution in [0.15, 0.2) is 77.7 Å². The van der Waals surface area contributed by atoms with Crippen LogP contribution >= 0.6 is 0 Å². The Bertz CT molecular complexity index is 1210. The molecular formula is C20H17N3O6S. The Morgan fingerprint density at radius 3 is 2.47 bits per heavy atom. The van der Waals surface area contributed by atoms with E-state index in [9.17, 15) is 23.3 Å². The predicted molar refractivity (Wildman–Crippen MR) is 111 cm³/mol. The second-order valence-electron chi connectivity index (χ2n) is 6.10. The van der Waals surface area contributed by atoms with Crippen molar-refractivity contribution in [2.24, 2.45) is 0 Å². The number of ether oxygens (including phenoxy) is 1. The summed E-state index contributed by atoms with van der Waals surface area (Å²) in [6.07, 6.45) is 0. The molecule has 154 valence electrons. The van der Waals surface area contributed by atoms with E-state index in [1.165, 1.54) is 55.6 Å². The Morgan fingerprint density at radius 2 is 1.73 bits per heavy atom. The molecule has 2 N–H and O–H groups in total. The number of rotatable bonds is 7. The lowest BCUT2D eigenvalue weighted by atomic mass is 10.2. The fourth-order valence-electron chi connectivity index (χ4n) is 2.64. The van der Waals surface area contributed by atoms with Crippen molar-refractivity contribution in [1.29, 1.82) is 0 Å². The molecule has 3 aromatic carbocycles. The Kier molecular flexibility index (Phi) is 5.98. The average Bonchev–Trinajstić information content (AvgIpc) is 2.74. The number of carbonyl (C=O) groups excluding carboxylic acids is 1. The number of nitro groups is 1. The van der Waals surface area contributed by atoms with Gasteiger partial charge < -0.3 is 10.1 Å². The first-order chi connectivity index (χ1) is 14.3. The van der Waals surface area contributed by atoms with Gasteiger partial charge in [0.1, 0.15) is 5.75 Å². The first kappa shape index (κ1) is 20.8. The number of para-hydroxylation sites is 2. The van der Waals surface area contributed by atoms with E-state index in [0.717, 1.165) is 0 Å². The van der Waals surface area contributed by atoms with E-state index in [2.05, 4.69) is 10.0 Å². The quantitative estimate of drug-likeness (QED) is 0.437. The molecule has 0 aliphatic rings. The van der Waals surface area contributed by atoms with Crippen LogP contribution < -0.4 is 14.8 Å². The number of sulfonamides is 1. The normalized spacial score (nSPS) is 10.8. The van der Waals surface area contributed by atoms with Crippen molar-refractivity contribution >= 4 is 33.0 Å². The third kappa shape index (κ3) is 4.73. The minimum atomic E-state index is -3.99. The molecule has 1 amide bonds. The van der Waals surface area contributed by atoms with Gasteiger partial charge >= 0.3 is 0 Å². The number of methoxy groups -OCH3 is 1. The van der Waals surface area contributed by atoms with Gasteiger partial charge in [0.05, 0.1) is 22.6 Å². The van der Waals surface area contributed by atoms with Gasteiger partial charge in [0.2, 0.25) is 0 Å². The maximum atomic E-state index is 12.7. The van der Waals surface area contributed by atoms with Gasteiger partial charge in [-0.25, -0.2) is 8.42 Å². The highest BCUT2D eigenvalue weighted by Crippen LogP contribution is 2.26. The Labute approximate surface area is 172 Å². The van der Waals surface area contributed by atoms with Crippen LogP contribution in [0.5, 0.6) is 5.75 Å². The molecule has 0 fully saturated rings. The summed E-state index contributed by atoms with van der Waals surface area (Å²) in [4.78, 5) is 22.7. The maximum absolute atomic E-state index is 12.7. The number of carbonyl (C=O) groups is 1. The van der Waals surface area contributed by atoms with Crippen LogP contribution in [0, 0.1) is 10.1 Å². The van der Waals surface area contributed by atoms with Gasteiger partial charge in [0, 0.05) is 23.4 Å². The lowest BCUT2D eigenvalue weighted by Crippen LogP contribution is -2.16. The molecule has 0 heterocycles. The Balaban J connectivity index is 1.84. The standard InChI is InChI=1S/C20H17N3O6S/c1-29-19-11-3-2-10-18(19)22-30(27,28)17-9-4-6-14(12-17)20(24)21-15-7-5-8-16(13-15)23(25)26/h2-13,22H,1H3,(H,21,24). The minimum absolute atomic E-state index is 0.0735. The Morgan fingerprint density at radius 1 is 1.00 bits per heavy atom. The van der Waals surface area contributed by atoms with Gasteiger partial charge in [-0.15, -0.1) is 0 Å². The van der Waals surface area contributed by atoms with Crippen LogP contribution in [0.2, 0.25) is 0 Å². The van der Waals surface area contributed by atoms with E-state index in [1.54, 1.807) is 24.3 Å². The monoisotopic (exact) mass is 427 g/mol. The van der Waals surface area contributed by atoms with Crippen molar-refractivity contribution in [1.82, 2.24) is 0 Å². The van der Waals surface area contributed by atoms with Crippen molar-refractivity contribution in [2.75, 3.05) is 17.1 Å². The SMILES string of the molecule is COc1ccccc1NS(=O)(=O)c1cccc(C(=O)Nc2cccc([N+](=O)[O-])c2)c1. The Hall–Kier alpha value is -3.92. The zero-order valence-electron chi connectivity index (χ0n) is 15.7. The number of benzene rings is 3. The van der Waals surface area contributed by atoms with Crippen molar-refractivity contribution in [2.45, 2.75) is 4.90 Å². The molecule has 0 aromatic heterocycles. The third-order valence-electron chi connectivity index (χ3n) is 4.07. The molecule has 3 aromatic rings. The van der Waals surface area contributed by atoms with Gasteiger partial charge in [-0.2, -0.15) is 0 Å². The molecule has 3 rings (SSSR count). The smallest absolute Gasteiger partial charge is 0.271 e. The summed E-state index contributed by atoms with van der Waals surface area (Å²) >= 11 is 0. The zero-order valence-corrected chi connectivity index (χ0v) is 16.5. The molecule has 0 saturated carbocycles. The highest BCUT2D eigenvalue weighted by Gasteiger charge is 2.18. The van der Waals surface area contributed by atoms with Gasteiger partial charge in [-0.1, -0.05) is 24.3 Å². The molecule has 30 heavy (non-hydrogen) atoms. The van der Waals surface area contributed by atoms with Crippen LogP contribution in [0.1, 0.15) is 10.4 Å². The van der Waals surface area contributed by atoms with Crippen molar-refractivity contribution in [3.05, 3.63) is 88.5 Å². The average molecular weight is 427 g/mol. The molecular weight excluding hydrogens is 410 g/mol. The first-order valence-corrected chi connectivity index (χ1v) is 10.1. The van der Waals surface area contributed by atoms with Crippen LogP contribution in [-0.2, 0) is 10.0 Å². The van der Waals surface area contributed by atoms with Gasteiger partial charge in [-0.05, 0) is 36.4 Å². The summed E-state index contributed by atoms with van der Waals surface area (Å²) in [6, 6.07) is 17.4. The summed E-state index contributed by atoms with van der Waals surface area (Å²) < 4.78 is 33.1. The van der Waals surface area contributed by atoms with Crippen LogP contribution in [0.25, 0.3) is 0 Å². The predicted octanol–water partition coefficient (Wildman–Crippen LogP) is 3.66. The van der Waals surface area contributed by atoms with Crippen molar-refractivity contribution in [3.63, 3.8) is 0 Å². The lowest BCUT2D eigenvalue weighted by molar-refractivity contribution is -0.384. The highest BCUT2D eigenvalue weighted by atomic mass is 32.2. The van der Waals surface area contributed by atoms with E-state index in [1.807, 2.05) is 0 Å². The van der Waals surface area contributed by atoms with Crippen molar-refractivity contribution < 1.29 is 22.9 Å². The van der Waals surface area contributed by atoms with Gasteiger partial charge in [0.25, 0.3) is 21.6 Å². The molecule has 10 heteroatoms. The van der Waals surface area contributed by atoms with E-state index in [0.29, 0.717) is 5.75 Å². The number of hydrogen-bond donors (Lipinski definition) is 2. The van der Waals surface area contributed by atoms with Crippen LogP contribution in [-0.4, -0.2) is 26.4 Å². The minimum Gasteiger partial charge on any atom is -0.495 e. The summed E-state index contributed by atoms with van der Waals surface area (Å²) in [5.74, 6) is -0.259. The topological polar surface area (TPSA) is 128 Å². The third-order valence-corrected chi connectivity index (χ3v) is 5.44. The van der Waals surface area contributed by atoms with E-state index >= 15 is 0 Å². The fourth-order valence-corrected chi connectivity index (χ4v) is 3.75. The molecule has 0 radical (unpaired) electrons. The fraction of sp³-hybridized carbons (Fsp3) is 0.0500. The number of hydrogen-bond acceptors (Lipinski definition) is 6. The zero-order chi connectivity index (χ0) is 21.7. The molecule has 0 saturated heterocycles. The summed E-state index contributed by atoms with van der Waals surface area (Å²) in [6.45, 7) is 0. The highest BCUT2D eigenvalue weighted by molar-refractivity contribution is 7.92. The largest absolute Gasteiger partial charge is 0.495 e. The number of nitrogens with zero attached hydrogens (tertiary/aromatic N) is 1. The summed E-state index contributed by atoms with van der Waals surface area (Å²) in [5.41, 5.74) is 0.371. The number of nitro benzene ring substituents is 1. The molecule has 0 bridgehead atoms. The lowest BCUT2D eigenvalue weighted by Gasteiger charge is -2.12. The maximum Gasteiger partial charge on any atom is 0.271 e. The number of amides is 1. The van der Waals surface area contributed by atoms with Crippen LogP contribution in [0.3, 0.4) is 0 Å². The van der Waals surface area contributed by atoms with E-state index < -0.39 is 20.9 Å². The summed E-state index contributed by atoms with van der Waals surface area (Å²) in [5, 5.41) is 13.4. The summed E-state index contributed by atoms with van der Waals surface area (Å²) in [7, 11) is -2.57. The van der Waals surface area contributed by atoms with Crippen molar-refractivity contribution in [3.8, 4) is 5.75 Å². The number of anilines is 2. The van der Waals surface area contributed by atoms with E-state index in [4.69, 9.17) is 4.74 Å². The van der Waals surface area contributed by atoms with E-state index in [-0.39, 0.29) is 27.5 Å². The molecule has 9 nitrogen and oxygen atoms in total. The van der Waals surface area contributed by atoms with Gasteiger partial charge in [-0.3, -0.25) is 19.6 Å². The first-order valence-electron chi connectivity index (χ1n) is 8.62.